The molecule has 17 heavy (non-hydrogen) atoms. The van der Waals surface area contributed by atoms with E-state index in [1.165, 1.54) is 0 Å². The van der Waals surface area contributed by atoms with Crippen LogP contribution in [0.5, 0.6) is 5.75 Å². The lowest BCUT2D eigenvalue weighted by atomic mass is 10.3. The number of hydrogen-bond acceptors (Lipinski definition) is 4. The summed E-state index contributed by atoms with van der Waals surface area (Å²) in [6, 6.07) is 3.76. The molecule has 2 N–H and O–H groups in total. The van der Waals surface area contributed by atoms with Gasteiger partial charge in [0.1, 0.15) is 5.75 Å². The molecule has 0 fully saturated rings. The second kappa shape index (κ2) is 5.16. The molecule has 2 aromatic rings. The first-order valence-corrected chi connectivity index (χ1v) is 6.39. The van der Waals surface area contributed by atoms with Crippen LogP contribution in [-0.2, 0) is 6.54 Å². The van der Waals surface area contributed by atoms with Gasteiger partial charge in [0.25, 0.3) is 0 Å². The van der Waals surface area contributed by atoms with Crippen LogP contribution in [-0.4, -0.2) is 22.1 Å². The van der Waals surface area contributed by atoms with Crippen LogP contribution in [0.25, 0.3) is 5.69 Å². The van der Waals surface area contributed by atoms with Gasteiger partial charge in [-0.1, -0.05) is 5.21 Å². The molecule has 0 saturated carbocycles. The van der Waals surface area contributed by atoms with Crippen molar-refractivity contribution in [2.24, 2.45) is 5.73 Å². The van der Waals surface area contributed by atoms with E-state index in [2.05, 4.69) is 42.2 Å². The third-order valence-electron chi connectivity index (χ3n) is 2.22. The van der Waals surface area contributed by atoms with Crippen LogP contribution < -0.4 is 10.5 Å². The predicted molar refractivity (Wildman–Crippen MR) is 71.2 cm³/mol. The zero-order chi connectivity index (χ0) is 12.4. The first kappa shape index (κ1) is 12.5. The largest absolute Gasteiger partial charge is 0.495 e. The Bertz CT molecular complexity index is 541. The number of methoxy groups -OCH3 is 1. The fourth-order valence-corrected chi connectivity index (χ4v) is 2.70. The Morgan fingerprint density at radius 2 is 2.12 bits per heavy atom. The summed E-state index contributed by atoms with van der Waals surface area (Å²) in [5, 5.41) is 7.95. The lowest BCUT2D eigenvalue weighted by Gasteiger charge is -2.08. The average molecular weight is 362 g/mol. The van der Waals surface area contributed by atoms with Gasteiger partial charge in [0.05, 0.1) is 29.2 Å². The lowest BCUT2D eigenvalue weighted by Crippen LogP contribution is -1.98. The Hall–Kier alpha value is -0.920. The molecule has 0 aliphatic carbocycles. The van der Waals surface area contributed by atoms with Crippen molar-refractivity contribution in [3.05, 3.63) is 33.0 Å². The summed E-state index contributed by atoms with van der Waals surface area (Å²) in [6.45, 7) is 0.366. The van der Waals surface area contributed by atoms with Crippen molar-refractivity contribution in [2.75, 3.05) is 7.11 Å². The van der Waals surface area contributed by atoms with Gasteiger partial charge in [0.15, 0.2) is 0 Å². The van der Waals surface area contributed by atoms with Gasteiger partial charge >= 0.3 is 0 Å². The van der Waals surface area contributed by atoms with E-state index in [9.17, 15) is 0 Å². The van der Waals surface area contributed by atoms with Gasteiger partial charge in [-0.05, 0) is 37.9 Å². The Balaban J connectivity index is 2.50. The standard InChI is InChI=1S/C10H10Br2N4O/c1-17-10-3-9(7(11)2-8(10)12)16-5-6(4-13)14-15-16/h2-3,5H,4,13H2,1H3. The molecule has 0 spiro atoms. The quantitative estimate of drug-likeness (QED) is 0.910. The van der Waals surface area contributed by atoms with Crippen molar-refractivity contribution in [2.45, 2.75) is 6.54 Å². The van der Waals surface area contributed by atoms with Gasteiger partial charge < -0.3 is 10.5 Å². The van der Waals surface area contributed by atoms with Gasteiger partial charge in [-0.25, -0.2) is 4.68 Å². The average Bonchev–Trinajstić information content (AvgIpc) is 2.78. The molecule has 0 saturated heterocycles. The van der Waals surface area contributed by atoms with E-state index < -0.39 is 0 Å². The molecular formula is C10H10Br2N4O. The summed E-state index contributed by atoms with van der Waals surface area (Å²) in [5.74, 6) is 0.730. The summed E-state index contributed by atoms with van der Waals surface area (Å²) >= 11 is 6.89. The third kappa shape index (κ3) is 2.51. The SMILES string of the molecule is COc1cc(-n2cc(CN)nn2)c(Br)cc1Br. The van der Waals surface area contributed by atoms with Crippen LogP contribution in [0.3, 0.4) is 0 Å². The summed E-state index contributed by atoms with van der Waals surface area (Å²) in [6.07, 6.45) is 1.79. The maximum atomic E-state index is 5.50. The molecular weight excluding hydrogens is 352 g/mol. The van der Waals surface area contributed by atoms with Gasteiger partial charge in [-0.2, -0.15) is 0 Å². The normalized spacial score (nSPS) is 10.6. The predicted octanol–water partition coefficient (Wildman–Crippen LogP) is 2.26. The number of rotatable bonds is 3. The van der Waals surface area contributed by atoms with Gasteiger partial charge in [-0.3, -0.25) is 0 Å². The van der Waals surface area contributed by atoms with Crippen LogP contribution in [0.15, 0.2) is 27.3 Å². The monoisotopic (exact) mass is 360 g/mol. The fraction of sp³-hybridized carbons (Fsp3) is 0.200. The Labute approximate surface area is 115 Å². The molecule has 0 atom stereocenters. The van der Waals surface area contributed by atoms with E-state index in [0.717, 1.165) is 26.1 Å². The second-order valence-corrected chi connectivity index (χ2v) is 5.01. The Morgan fingerprint density at radius 1 is 1.35 bits per heavy atom. The number of hydrogen-bond donors (Lipinski definition) is 1. The molecule has 0 aliphatic rings. The molecule has 90 valence electrons. The number of halogens is 2. The van der Waals surface area contributed by atoms with Gasteiger partial charge in [-0.15, -0.1) is 5.10 Å². The number of benzene rings is 1. The maximum absolute atomic E-state index is 5.50. The first-order chi connectivity index (χ1) is 8.15. The second-order valence-electron chi connectivity index (χ2n) is 3.30. The van der Waals surface area contributed by atoms with Gasteiger partial charge in [0, 0.05) is 17.1 Å². The minimum atomic E-state index is 0.366. The van der Waals surface area contributed by atoms with Crippen LogP contribution in [0, 0.1) is 0 Å². The molecule has 0 aliphatic heterocycles. The molecule has 1 aromatic heterocycles. The van der Waals surface area contributed by atoms with E-state index in [1.54, 1.807) is 18.0 Å². The van der Waals surface area contributed by atoms with Crippen LogP contribution in [0.2, 0.25) is 0 Å². The molecule has 2 rings (SSSR count). The Morgan fingerprint density at radius 3 is 2.71 bits per heavy atom. The molecule has 0 amide bonds. The van der Waals surface area contributed by atoms with Gasteiger partial charge in [0.2, 0.25) is 0 Å². The number of ether oxygens (including phenoxy) is 1. The van der Waals surface area contributed by atoms with Crippen LogP contribution in [0.1, 0.15) is 5.69 Å². The molecule has 1 heterocycles. The highest BCUT2D eigenvalue weighted by Crippen LogP contribution is 2.33. The van der Waals surface area contributed by atoms with E-state index in [4.69, 9.17) is 10.5 Å². The van der Waals surface area contributed by atoms with Crippen LogP contribution in [0.4, 0.5) is 0 Å². The molecule has 0 bridgehead atoms. The van der Waals surface area contributed by atoms with Crippen molar-refractivity contribution in [3.63, 3.8) is 0 Å². The minimum absolute atomic E-state index is 0.366. The number of nitrogens with zero attached hydrogens (tertiary/aromatic N) is 3. The van der Waals surface area contributed by atoms with Crippen LogP contribution >= 0.6 is 31.9 Å². The topological polar surface area (TPSA) is 66.0 Å². The van der Waals surface area contributed by atoms with E-state index in [-0.39, 0.29) is 0 Å². The Kier molecular flexibility index (Phi) is 3.80. The summed E-state index contributed by atoms with van der Waals surface area (Å²) in [4.78, 5) is 0. The van der Waals surface area contributed by atoms with E-state index >= 15 is 0 Å². The first-order valence-electron chi connectivity index (χ1n) is 4.80. The summed E-state index contributed by atoms with van der Waals surface area (Å²) < 4.78 is 8.65. The number of nitrogens with two attached hydrogens (primary N) is 1. The molecule has 7 heteroatoms. The summed E-state index contributed by atoms with van der Waals surface area (Å²) in [7, 11) is 1.62. The van der Waals surface area contributed by atoms with Crippen molar-refractivity contribution >= 4 is 31.9 Å². The van der Waals surface area contributed by atoms with Crippen molar-refractivity contribution in [1.82, 2.24) is 15.0 Å². The molecule has 5 nitrogen and oxygen atoms in total. The maximum Gasteiger partial charge on any atom is 0.135 e. The lowest BCUT2D eigenvalue weighted by molar-refractivity contribution is 0.411. The van der Waals surface area contributed by atoms with E-state index in [1.807, 2.05) is 12.1 Å². The zero-order valence-corrected chi connectivity index (χ0v) is 12.2. The molecule has 0 radical (unpaired) electrons. The smallest absolute Gasteiger partial charge is 0.135 e. The van der Waals surface area contributed by atoms with Crippen molar-refractivity contribution in [3.8, 4) is 11.4 Å². The highest BCUT2D eigenvalue weighted by molar-refractivity contribution is 9.11. The molecule has 0 unspecified atom stereocenters. The molecule has 1 aromatic carbocycles. The minimum Gasteiger partial charge on any atom is -0.495 e. The third-order valence-corrected chi connectivity index (χ3v) is 3.47. The zero-order valence-electron chi connectivity index (χ0n) is 9.02. The van der Waals surface area contributed by atoms with E-state index in [0.29, 0.717) is 6.54 Å². The highest BCUT2D eigenvalue weighted by atomic mass is 79.9. The highest BCUT2D eigenvalue weighted by Gasteiger charge is 2.10. The van der Waals surface area contributed by atoms with Crippen molar-refractivity contribution < 1.29 is 4.74 Å². The number of aromatic nitrogens is 3. The summed E-state index contributed by atoms with van der Waals surface area (Å²) in [5.41, 5.74) is 7.08. The fourth-order valence-electron chi connectivity index (χ4n) is 1.36. The van der Waals surface area contributed by atoms with Crippen molar-refractivity contribution in [1.29, 1.82) is 0 Å².